The van der Waals surface area contributed by atoms with Crippen LogP contribution in [0.1, 0.15) is 11.4 Å². The number of nitrogen functional groups attached to an aromatic ring is 1. The minimum absolute atomic E-state index is 0.0309. The Hall–Kier alpha value is -2.65. The number of aromatic nitrogens is 6. The Balaban J connectivity index is 2.21. The number of hydrogen-bond donors (Lipinski definition) is 1. The summed E-state index contributed by atoms with van der Waals surface area (Å²) in [6.07, 6.45) is -3.03. The fraction of sp³-hybridized carbons (Fsp3) is 0.273. The number of imidazole rings is 1. The molecule has 0 saturated heterocycles. The van der Waals surface area contributed by atoms with Gasteiger partial charge in [0.15, 0.2) is 17.2 Å². The van der Waals surface area contributed by atoms with Gasteiger partial charge in [-0.1, -0.05) is 0 Å². The van der Waals surface area contributed by atoms with E-state index in [0.29, 0.717) is 11.2 Å². The zero-order valence-electron chi connectivity index (χ0n) is 11.0. The van der Waals surface area contributed by atoms with Crippen LogP contribution >= 0.6 is 0 Å². The zero-order chi connectivity index (χ0) is 15.4. The highest BCUT2D eigenvalue weighted by atomic mass is 19.4. The molecule has 10 heteroatoms. The number of alkyl halides is 3. The van der Waals surface area contributed by atoms with E-state index in [1.54, 1.807) is 11.6 Å². The first-order chi connectivity index (χ1) is 9.77. The van der Waals surface area contributed by atoms with Crippen LogP contribution in [0.3, 0.4) is 0 Å². The summed E-state index contributed by atoms with van der Waals surface area (Å²) in [5.41, 5.74) is 5.81. The van der Waals surface area contributed by atoms with Crippen molar-refractivity contribution < 1.29 is 13.2 Å². The summed E-state index contributed by atoms with van der Waals surface area (Å²) >= 11 is 0. The topological polar surface area (TPSA) is 87.4 Å². The van der Waals surface area contributed by atoms with E-state index in [-0.39, 0.29) is 17.5 Å². The molecule has 3 rings (SSSR count). The highest BCUT2D eigenvalue weighted by molar-refractivity contribution is 5.82. The van der Waals surface area contributed by atoms with Crippen LogP contribution in [0.15, 0.2) is 12.4 Å². The molecule has 0 atom stereocenters. The average molecular weight is 297 g/mol. The summed E-state index contributed by atoms with van der Waals surface area (Å²) in [5, 5.41) is 3.49. The fourth-order valence-corrected chi connectivity index (χ4v) is 1.93. The Morgan fingerprint density at radius 3 is 2.57 bits per heavy atom. The highest BCUT2D eigenvalue weighted by Crippen LogP contribution is 2.29. The second-order valence-corrected chi connectivity index (χ2v) is 4.52. The molecule has 0 aliphatic carbocycles. The van der Waals surface area contributed by atoms with Crippen LogP contribution in [0.2, 0.25) is 0 Å². The van der Waals surface area contributed by atoms with E-state index < -0.39 is 11.9 Å². The van der Waals surface area contributed by atoms with Crippen molar-refractivity contribution in [2.75, 3.05) is 5.73 Å². The molecule has 0 aliphatic heterocycles. The molecule has 3 aromatic rings. The predicted octanol–water partition coefficient (Wildman–Crippen LogP) is 1.46. The molecule has 7 nitrogen and oxygen atoms in total. The second kappa shape index (κ2) is 4.17. The maximum absolute atomic E-state index is 12.7. The van der Waals surface area contributed by atoms with E-state index in [2.05, 4.69) is 20.1 Å². The molecule has 0 fully saturated rings. The van der Waals surface area contributed by atoms with Crippen molar-refractivity contribution in [3.8, 4) is 5.95 Å². The summed E-state index contributed by atoms with van der Waals surface area (Å²) < 4.78 is 40.7. The standard InChI is InChI=1S/C11H10F3N7/c1-5-3-6(11(12,13)14)19-21(5)10-17-8(15)7-9(18-10)20(2)4-16-7/h3-4H,1-2H3,(H2,15,17,18). The Morgan fingerprint density at radius 1 is 1.24 bits per heavy atom. The lowest BCUT2D eigenvalue weighted by atomic mass is 10.4. The molecule has 0 bridgehead atoms. The van der Waals surface area contributed by atoms with E-state index >= 15 is 0 Å². The molecular formula is C11H10F3N7. The number of rotatable bonds is 1. The van der Waals surface area contributed by atoms with Gasteiger partial charge in [0, 0.05) is 12.7 Å². The number of anilines is 1. The molecule has 0 unspecified atom stereocenters. The quantitative estimate of drug-likeness (QED) is 0.734. The van der Waals surface area contributed by atoms with E-state index in [1.165, 1.54) is 13.3 Å². The molecule has 0 aliphatic rings. The van der Waals surface area contributed by atoms with E-state index in [4.69, 9.17) is 5.73 Å². The van der Waals surface area contributed by atoms with Crippen molar-refractivity contribution in [2.24, 2.45) is 7.05 Å². The normalized spacial score (nSPS) is 12.2. The van der Waals surface area contributed by atoms with Crippen LogP contribution in [-0.4, -0.2) is 29.3 Å². The molecule has 110 valence electrons. The predicted molar refractivity (Wildman–Crippen MR) is 67.6 cm³/mol. The van der Waals surface area contributed by atoms with Crippen molar-refractivity contribution in [1.82, 2.24) is 29.3 Å². The lowest BCUT2D eigenvalue weighted by Crippen LogP contribution is -2.11. The Bertz CT molecular complexity index is 830. The third-order valence-electron chi connectivity index (χ3n) is 2.94. The third-order valence-corrected chi connectivity index (χ3v) is 2.94. The Labute approximate surface area is 116 Å². The third kappa shape index (κ3) is 2.08. The first kappa shape index (κ1) is 13.3. The minimum Gasteiger partial charge on any atom is -0.382 e. The molecule has 0 aromatic carbocycles. The average Bonchev–Trinajstić information content (AvgIpc) is 2.93. The van der Waals surface area contributed by atoms with Crippen LogP contribution in [-0.2, 0) is 13.2 Å². The van der Waals surface area contributed by atoms with Gasteiger partial charge in [-0.25, -0.2) is 9.67 Å². The van der Waals surface area contributed by atoms with Gasteiger partial charge in [-0.15, -0.1) is 0 Å². The largest absolute Gasteiger partial charge is 0.435 e. The number of hydrogen-bond acceptors (Lipinski definition) is 5. The summed E-state index contributed by atoms with van der Waals surface area (Å²) in [7, 11) is 1.70. The monoisotopic (exact) mass is 297 g/mol. The Morgan fingerprint density at radius 2 is 1.95 bits per heavy atom. The second-order valence-electron chi connectivity index (χ2n) is 4.52. The summed E-state index contributed by atoms with van der Waals surface area (Å²) in [5.74, 6) is 0.0515. The van der Waals surface area contributed by atoms with Crippen LogP contribution in [0.4, 0.5) is 19.0 Å². The van der Waals surface area contributed by atoms with E-state index in [0.717, 1.165) is 10.7 Å². The van der Waals surface area contributed by atoms with Crippen molar-refractivity contribution in [3.63, 3.8) is 0 Å². The van der Waals surface area contributed by atoms with Crippen LogP contribution < -0.4 is 5.73 Å². The SMILES string of the molecule is Cc1cc(C(F)(F)F)nn1-c1nc(N)c2ncn(C)c2n1. The molecule has 0 radical (unpaired) electrons. The molecular weight excluding hydrogens is 287 g/mol. The summed E-state index contributed by atoms with van der Waals surface area (Å²) in [6.45, 7) is 1.48. The van der Waals surface area contributed by atoms with Gasteiger partial charge in [0.2, 0.25) is 0 Å². The maximum atomic E-state index is 12.7. The van der Waals surface area contributed by atoms with E-state index in [1.807, 2.05) is 0 Å². The maximum Gasteiger partial charge on any atom is 0.435 e. The highest BCUT2D eigenvalue weighted by Gasteiger charge is 2.34. The molecule has 21 heavy (non-hydrogen) atoms. The van der Waals surface area contributed by atoms with E-state index in [9.17, 15) is 13.2 Å². The van der Waals surface area contributed by atoms with Gasteiger partial charge in [-0.3, -0.25) is 0 Å². The number of aryl methyl sites for hydroxylation is 2. The smallest absolute Gasteiger partial charge is 0.382 e. The van der Waals surface area contributed by atoms with Crippen LogP contribution in [0, 0.1) is 6.92 Å². The van der Waals surface area contributed by atoms with Gasteiger partial charge in [-0.2, -0.15) is 28.2 Å². The van der Waals surface area contributed by atoms with Gasteiger partial charge in [-0.05, 0) is 13.0 Å². The number of nitrogens with zero attached hydrogens (tertiary/aromatic N) is 6. The van der Waals surface area contributed by atoms with Crippen molar-refractivity contribution in [1.29, 1.82) is 0 Å². The lowest BCUT2D eigenvalue weighted by Gasteiger charge is -2.05. The Kier molecular flexibility index (Phi) is 2.65. The van der Waals surface area contributed by atoms with Crippen LogP contribution in [0.25, 0.3) is 17.1 Å². The first-order valence-corrected chi connectivity index (χ1v) is 5.86. The van der Waals surface area contributed by atoms with Crippen molar-refractivity contribution in [3.05, 3.63) is 23.8 Å². The minimum atomic E-state index is -4.53. The van der Waals surface area contributed by atoms with Gasteiger partial charge >= 0.3 is 6.18 Å². The molecule has 0 saturated carbocycles. The van der Waals surface area contributed by atoms with Gasteiger partial charge in [0.1, 0.15) is 5.52 Å². The summed E-state index contributed by atoms with van der Waals surface area (Å²) in [4.78, 5) is 12.2. The van der Waals surface area contributed by atoms with Crippen LogP contribution in [0.5, 0.6) is 0 Å². The lowest BCUT2D eigenvalue weighted by molar-refractivity contribution is -0.141. The molecule has 0 spiro atoms. The summed E-state index contributed by atoms with van der Waals surface area (Å²) in [6, 6.07) is 0.924. The van der Waals surface area contributed by atoms with Gasteiger partial charge < -0.3 is 10.3 Å². The molecule has 3 heterocycles. The van der Waals surface area contributed by atoms with Gasteiger partial charge in [0.25, 0.3) is 5.95 Å². The molecule has 2 N–H and O–H groups in total. The molecule has 3 aromatic heterocycles. The van der Waals surface area contributed by atoms with Crippen molar-refractivity contribution in [2.45, 2.75) is 13.1 Å². The number of halogens is 3. The molecule has 0 amide bonds. The zero-order valence-corrected chi connectivity index (χ0v) is 11.0. The first-order valence-electron chi connectivity index (χ1n) is 5.86. The fourth-order valence-electron chi connectivity index (χ4n) is 1.93. The number of nitrogens with two attached hydrogens (primary N) is 1. The van der Waals surface area contributed by atoms with Gasteiger partial charge in [0.05, 0.1) is 6.33 Å². The number of fused-ring (bicyclic) bond motifs is 1. The van der Waals surface area contributed by atoms with Crippen molar-refractivity contribution >= 4 is 17.0 Å².